The van der Waals surface area contributed by atoms with Crippen molar-refractivity contribution >= 4 is 29.1 Å². The van der Waals surface area contributed by atoms with Crippen molar-refractivity contribution in [2.45, 2.75) is 26.2 Å². The van der Waals surface area contributed by atoms with Gasteiger partial charge in [0.1, 0.15) is 34.9 Å². The Labute approximate surface area is 271 Å². The number of benzene rings is 3. The second-order valence-corrected chi connectivity index (χ2v) is 10.7. The van der Waals surface area contributed by atoms with Crippen LogP contribution in [0.2, 0.25) is 5.02 Å². The molecule has 1 unspecified atom stereocenters. The average Bonchev–Trinajstić information content (AvgIpc) is 3.33. The van der Waals surface area contributed by atoms with Gasteiger partial charge in [-0.2, -0.15) is 0 Å². The van der Waals surface area contributed by atoms with Gasteiger partial charge in [-0.05, 0) is 43.3 Å². The number of methoxy groups -OCH3 is 6. The topological polar surface area (TPSA) is 105 Å². The summed E-state index contributed by atoms with van der Waals surface area (Å²) in [7, 11) is 8.89. The van der Waals surface area contributed by atoms with Gasteiger partial charge in [-0.25, -0.2) is 19.2 Å². The number of nitrogens with zero attached hydrogens (tertiary/aromatic N) is 4. The van der Waals surface area contributed by atoms with Crippen LogP contribution in [0.15, 0.2) is 48.5 Å². The molecule has 0 aliphatic carbocycles. The molecule has 1 aliphatic heterocycles. The maximum absolute atomic E-state index is 15.7. The summed E-state index contributed by atoms with van der Waals surface area (Å²) in [5.74, 6) is 1.15. The first-order chi connectivity index (χ1) is 22.2. The normalized spacial score (nSPS) is 13.7. The number of hydrogen-bond donors (Lipinski definition) is 0. The van der Waals surface area contributed by atoms with Crippen molar-refractivity contribution < 1.29 is 37.6 Å². The van der Waals surface area contributed by atoms with E-state index in [0.29, 0.717) is 47.6 Å². The molecular weight excluding hydrogens is 619 g/mol. The number of anilines is 2. The molecule has 1 atom stereocenters. The number of esters is 1. The predicted octanol–water partition coefficient (Wildman–Crippen LogP) is 6.14. The molecule has 46 heavy (non-hydrogen) atoms. The molecule has 13 heteroatoms. The van der Waals surface area contributed by atoms with Crippen LogP contribution in [-0.2, 0) is 17.8 Å². The van der Waals surface area contributed by atoms with Crippen molar-refractivity contribution in [1.29, 1.82) is 0 Å². The van der Waals surface area contributed by atoms with Gasteiger partial charge in [0, 0.05) is 29.8 Å². The first kappa shape index (κ1) is 32.4. The maximum atomic E-state index is 15.7. The summed E-state index contributed by atoms with van der Waals surface area (Å²) < 4.78 is 48.2. The van der Waals surface area contributed by atoms with Crippen molar-refractivity contribution in [1.82, 2.24) is 9.97 Å². The molecule has 0 amide bonds. The Morgan fingerprint density at radius 2 is 1.39 bits per heavy atom. The third kappa shape index (κ3) is 5.87. The summed E-state index contributed by atoms with van der Waals surface area (Å²) in [6, 6.07) is 14.0. The average molecular weight is 653 g/mol. The monoisotopic (exact) mass is 652 g/mol. The van der Waals surface area contributed by atoms with Gasteiger partial charge in [-0.15, -0.1) is 0 Å². The minimum Gasteiger partial charge on any atom is -0.497 e. The van der Waals surface area contributed by atoms with E-state index in [1.54, 1.807) is 40.6 Å². The van der Waals surface area contributed by atoms with E-state index in [-0.39, 0.29) is 34.0 Å². The Hall–Kier alpha value is -4.97. The highest BCUT2D eigenvalue weighted by atomic mass is 35.5. The zero-order valence-electron chi connectivity index (χ0n) is 26.5. The lowest BCUT2D eigenvalue weighted by Gasteiger charge is -2.30. The SMILES string of the molecule is COC(=O)c1nc(-c2ccc(Cl)c(OC)c2F)nc2c1N(Cc1ccc(OC)cc1OC)C(C)N2Cc1ccc(OC)cc1OC. The zero-order valence-corrected chi connectivity index (χ0v) is 27.3. The van der Waals surface area contributed by atoms with Crippen LogP contribution < -0.4 is 33.5 Å². The minimum atomic E-state index is -0.764. The van der Waals surface area contributed by atoms with Crippen molar-refractivity contribution in [2.75, 3.05) is 52.5 Å². The van der Waals surface area contributed by atoms with Crippen LogP contribution in [-0.4, -0.2) is 64.8 Å². The van der Waals surface area contributed by atoms with Crippen LogP contribution >= 0.6 is 11.6 Å². The van der Waals surface area contributed by atoms with Gasteiger partial charge in [-0.3, -0.25) is 0 Å². The lowest BCUT2D eigenvalue weighted by atomic mass is 10.1. The van der Waals surface area contributed by atoms with E-state index < -0.39 is 11.8 Å². The fraction of sp³-hybridized carbons (Fsp3) is 0.303. The Morgan fingerprint density at radius 3 is 1.91 bits per heavy atom. The van der Waals surface area contributed by atoms with Crippen LogP contribution in [0.3, 0.4) is 0 Å². The number of carbonyl (C=O) groups excluding carboxylic acids is 1. The van der Waals surface area contributed by atoms with E-state index >= 15 is 4.39 Å². The molecule has 0 saturated heterocycles. The van der Waals surface area contributed by atoms with Crippen LogP contribution in [0.1, 0.15) is 28.5 Å². The van der Waals surface area contributed by atoms with Gasteiger partial charge in [0.25, 0.3) is 0 Å². The van der Waals surface area contributed by atoms with Crippen molar-refractivity contribution in [3.05, 3.63) is 76.2 Å². The van der Waals surface area contributed by atoms with Gasteiger partial charge in [-0.1, -0.05) is 11.6 Å². The molecule has 11 nitrogen and oxygen atoms in total. The number of carbonyl (C=O) groups is 1. The zero-order chi connectivity index (χ0) is 33.1. The van der Waals surface area contributed by atoms with Crippen molar-refractivity contribution in [2.24, 2.45) is 0 Å². The fourth-order valence-corrected chi connectivity index (χ4v) is 5.66. The van der Waals surface area contributed by atoms with E-state index in [9.17, 15) is 4.79 Å². The van der Waals surface area contributed by atoms with E-state index in [1.807, 2.05) is 41.0 Å². The van der Waals surface area contributed by atoms with E-state index in [1.165, 1.54) is 26.4 Å². The molecule has 1 aliphatic rings. The van der Waals surface area contributed by atoms with Crippen LogP contribution in [0.25, 0.3) is 11.4 Å². The second kappa shape index (κ2) is 13.6. The molecule has 2 heterocycles. The molecular formula is C33H34ClFN4O7. The Bertz CT molecular complexity index is 1770. The van der Waals surface area contributed by atoms with Crippen LogP contribution in [0, 0.1) is 5.82 Å². The smallest absolute Gasteiger partial charge is 0.359 e. The molecule has 0 fully saturated rings. The summed E-state index contributed by atoms with van der Waals surface area (Å²) in [6.45, 7) is 2.58. The van der Waals surface area contributed by atoms with Gasteiger partial charge in [0.2, 0.25) is 0 Å². The number of hydrogen-bond acceptors (Lipinski definition) is 11. The highest BCUT2D eigenvalue weighted by Crippen LogP contribution is 2.45. The number of aromatic nitrogens is 2. The van der Waals surface area contributed by atoms with Crippen molar-refractivity contribution in [3.63, 3.8) is 0 Å². The van der Waals surface area contributed by atoms with E-state index in [2.05, 4.69) is 4.98 Å². The lowest BCUT2D eigenvalue weighted by Crippen LogP contribution is -2.40. The first-order valence-electron chi connectivity index (χ1n) is 14.2. The molecule has 4 aromatic rings. The Balaban J connectivity index is 1.73. The largest absolute Gasteiger partial charge is 0.497 e. The highest BCUT2D eigenvalue weighted by molar-refractivity contribution is 6.32. The lowest BCUT2D eigenvalue weighted by molar-refractivity contribution is 0.0595. The molecule has 0 spiro atoms. The third-order valence-electron chi connectivity index (χ3n) is 7.87. The summed E-state index contributed by atoms with van der Waals surface area (Å²) in [4.78, 5) is 26.8. The molecule has 3 aromatic carbocycles. The van der Waals surface area contributed by atoms with Crippen LogP contribution in [0.4, 0.5) is 15.9 Å². The maximum Gasteiger partial charge on any atom is 0.359 e. The molecule has 0 saturated carbocycles. The molecule has 242 valence electrons. The predicted molar refractivity (Wildman–Crippen MR) is 171 cm³/mol. The number of ether oxygens (including phenoxy) is 6. The van der Waals surface area contributed by atoms with E-state index in [4.69, 9.17) is 45.0 Å². The fourth-order valence-electron chi connectivity index (χ4n) is 5.44. The standard InChI is InChI=1S/C33H34ClFN4O7/c1-18-38(16-19-8-10-21(41-2)14-25(19)43-4)29-28(33(40)46-7)36-31(23-12-13-24(34)30(45-6)27(23)35)37-32(29)39(18)17-20-9-11-22(42-3)15-26(20)44-5/h8-15,18H,16-17H2,1-7H3. The van der Waals surface area contributed by atoms with Gasteiger partial charge in [0.05, 0.1) is 59.8 Å². The van der Waals surface area contributed by atoms with Gasteiger partial charge < -0.3 is 38.2 Å². The quantitative estimate of drug-likeness (QED) is 0.175. The summed E-state index contributed by atoms with van der Waals surface area (Å²) in [5, 5.41) is 0.0829. The second-order valence-electron chi connectivity index (χ2n) is 10.2. The molecule has 0 radical (unpaired) electrons. The van der Waals surface area contributed by atoms with Crippen LogP contribution in [0.5, 0.6) is 28.7 Å². The number of halogens is 2. The van der Waals surface area contributed by atoms with Gasteiger partial charge >= 0.3 is 5.97 Å². The molecule has 0 bridgehead atoms. The van der Waals surface area contributed by atoms with Gasteiger partial charge in [0.15, 0.2) is 28.9 Å². The first-order valence-corrected chi connectivity index (χ1v) is 14.5. The molecule has 1 aromatic heterocycles. The van der Waals surface area contributed by atoms with Crippen molar-refractivity contribution in [3.8, 4) is 40.1 Å². The Kier molecular flexibility index (Phi) is 9.57. The highest BCUT2D eigenvalue weighted by Gasteiger charge is 2.40. The molecule has 5 rings (SSSR count). The summed E-state index contributed by atoms with van der Waals surface area (Å²) in [5.41, 5.74) is 2.01. The number of fused-ring (bicyclic) bond motifs is 1. The van der Waals surface area contributed by atoms with E-state index in [0.717, 1.165) is 11.1 Å². The minimum absolute atomic E-state index is 0.000826. The summed E-state index contributed by atoms with van der Waals surface area (Å²) in [6.07, 6.45) is -0.383. The number of rotatable bonds is 11. The molecule has 0 N–H and O–H groups in total. The Morgan fingerprint density at radius 1 is 0.804 bits per heavy atom. The summed E-state index contributed by atoms with van der Waals surface area (Å²) >= 11 is 6.18. The third-order valence-corrected chi connectivity index (χ3v) is 8.17.